The number of fused-ring (bicyclic) bond motifs is 1. The van der Waals surface area contributed by atoms with Crippen molar-refractivity contribution in [1.82, 2.24) is 0 Å². The summed E-state index contributed by atoms with van der Waals surface area (Å²) < 4.78 is 5.16. The zero-order valence-electron chi connectivity index (χ0n) is 11.7. The highest BCUT2D eigenvalue weighted by Gasteiger charge is 2.06. The van der Waals surface area contributed by atoms with Crippen LogP contribution >= 0.6 is 0 Å². The van der Waals surface area contributed by atoms with Gasteiger partial charge in [0.1, 0.15) is 11.3 Å². The van der Waals surface area contributed by atoms with E-state index in [-0.39, 0.29) is 11.6 Å². The van der Waals surface area contributed by atoms with Crippen molar-refractivity contribution in [3.63, 3.8) is 0 Å². The van der Waals surface area contributed by atoms with Crippen LogP contribution in [0.5, 0.6) is 0 Å². The standard InChI is InChI=1S/C18H13NO3/c20-17(11-10-13-6-2-1-3-7-13)19-15-12-14-8-4-5-9-16(14)22-18(15)21/h1-12H,(H,19,20)/b11-10+. The Hall–Kier alpha value is -3.14. The van der Waals surface area contributed by atoms with Crippen molar-refractivity contribution in [2.75, 3.05) is 5.32 Å². The van der Waals surface area contributed by atoms with Gasteiger partial charge in [0, 0.05) is 11.5 Å². The third-order valence-electron chi connectivity index (χ3n) is 3.13. The highest BCUT2D eigenvalue weighted by Crippen LogP contribution is 2.15. The molecule has 3 aromatic rings. The van der Waals surface area contributed by atoms with Crippen molar-refractivity contribution in [3.8, 4) is 0 Å². The second-order valence-corrected chi connectivity index (χ2v) is 4.72. The first kappa shape index (κ1) is 13.8. The fourth-order valence-corrected chi connectivity index (χ4v) is 2.06. The van der Waals surface area contributed by atoms with E-state index >= 15 is 0 Å². The maximum Gasteiger partial charge on any atom is 0.360 e. The number of anilines is 1. The molecule has 0 saturated heterocycles. The first-order valence-corrected chi connectivity index (χ1v) is 6.79. The average molecular weight is 291 g/mol. The lowest BCUT2D eigenvalue weighted by Crippen LogP contribution is -2.15. The maximum atomic E-state index is 11.9. The number of nitrogens with one attached hydrogen (secondary N) is 1. The molecule has 0 aliphatic rings. The van der Waals surface area contributed by atoms with Crippen LogP contribution in [-0.4, -0.2) is 5.91 Å². The number of carbonyl (C=O) groups excluding carboxylic acids is 1. The van der Waals surface area contributed by atoms with Crippen LogP contribution in [0.25, 0.3) is 17.0 Å². The summed E-state index contributed by atoms with van der Waals surface area (Å²) in [5, 5.41) is 3.29. The van der Waals surface area contributed by atoms with Crippen LogP contribution in [-0.2, 0) is 4.79 Å². The molecule has 4 heteroatoms. The molecule has 0 saturated carbocycles. The van der Waals surface area contributed by atoms with Gasteiger partial charge in [0.2, 0.25) is 5.91 Å². The Morgan fingerprint density at radius 1 is 1.00 bits per heavy atom. The van der Waals surface area contributed by atoms with E-state index < -0.39 is 5.63 Å². The molecular formula is C18H13NO3. The van der Waals surface area contributed by atoms with Crippen molar-refractivity contribution >= 4 is 28.6 Å². The molecular weight excluding hydrogens is 278 g/mol. The van der Waals surface area contributed by atoms with Gasteiger partial charge in [0.05, 0.1) is 0 Å². The van der Waals surface area contributed by atoms with Gasteiger partial charge in [-0.3, -0.25) is 4.79 Å². The molecule has 1 amide bonds. The highest BCUT2D eigenvalue weighted by molar-refractivity contribution is 6.02. The molecule has 3 rings (SSSR count). The SMILES string of the molecule is O=C(/C=C/c1ccccc1)Nc1cc2ccccc2oc1=O. The number of carbonyl (C=O) groups is 1. The van der Waals surface area contributed by atoms with Crippen LogP contribution in [0.15, 0.2) is 76.0 Å². The molecule has 0 radical (unpaired) electrons. The Kier molecular flexibility index (Phi) is 3.83. The van der Waals surface area contributed by atoms with Crippen molar-refractivity contribution in [2.24, 2.45) is 0 Å². The van der Waals surface area contributed by atoms with Gasteiger partial charge in [-0.05, 0) is 23.8 Å². The largest absolute Gasteiger partial charge is 0.421 e. The maximum absolute atomic E-state index is 11.9. The molecule has 1 aromatic heterocycles. The number of rotatable bonds is 3. The van der Waals surface area contributed by atoms with E-state index in [0.717, 1.165) is 10.9 Å². The van der Waals surface area contributed by atoms with E-state index in [4.69, 9.17) is 4.42 Å². The number of amides is 1. The van der Waals surface area contributed by atoms with Crippen molar-refractivity contribution < 1.29 is 9.21 Å². The van der Waals surface area contributed by atoms with Gasteiger partial charge in [-0.15, -0.1) is 0 Å². The third-order valence-corrected chi connectivity index (χ3v) is 3.13. The lowest BCUT2D eigenvalue weighted by molar-refractivity contribution is -0.111. The molecule has 0 atom stereocenters. The van der Waals surface area contributed by atoms with Crippen LogP contribution in [0, 0.1) is 0 Å². The van der Waals surface area contributed by atoms with Crippen LogP contribution in [0.1, 0.15) is 5.56 Å². The quantitative estimate of drug-likeness (QED) is 0.594. The summed E-state index contributed by atoms with van der Waals surface area (Å²) in [5.74, 6) is -0.383. The van der Waals surface area contributed by atoms with Gasteiger partial charge in [0.25, 0.3) is 0 Å². The number of benzene rings is 2. The molecule has 0 aliphatic carbocycles. The zero-order chi connectivity index (χ0) is 15.4. The van der Waals surface area contributed by atoms with Crippen LogP contribution in [0.4, 0.5) is 5.69 Å². The first-order valence-electron chi connectivity index (χ1n) is 6.79. The van der Waals surface area contributed by atoms with Crippen LogP contribution in [0.3, 0.4) is 0 Å². The van der Waals surface area contributed by atoms with Gasteiger partial charge >= 0.3 is 5.63 Å². The summed E-state index contributed by atoms with van der Waals surface area (Å²) >= 11 is 0. The zero-order valence-corrected chi connectivity index (χ0v) is 11.7. The first-order chi connectivity index (χ1) is 10.7. The summed E-state index contributed by atoms with van der Waals surface area (Å²) in [4.78, 5) is 23.7. The molecule has 1 N–H and O–H groups in total. The second kappa shape index (κ2) is 6.10. The summed E-state index contributed by atoms with van der Waals surface area (Å²) in [6.07, 6.45) is 3.06. The lowest BCUT2D eigenvalue weighted by atomic mass is 10.2. The Labute approximate surface area is 126 Å². The van der Waals surface area contributed by atoms with Gasteiger partial charge in [-0.25, -0.2) is 4.79 Å². The Morgan fingerprint density at radius 2 is 1.73 bits per heavy atom. The molecule has 0 bridgehead atoms. The summed E-state index contributed by atoms with van der Waals surface area (Å²) in [6.45, 7) is 0. The molecule has 0 fully saturated rings. The van der Waals surface area contributed by atoms with E-state index in [9.17, 15) is 9.59 Å². The third kappa shape index (κ3) is 3.12. The lowest BCUT2D eigenvalue weighted by Gasteiger charge is -2.02. The molecule has 2 aromatic carbocycles. The van der Waals surface area contributed by atoms with E-state index in [2.05, 4.69) is 5.32 Å². The van der Waals surface area contributed by atoms with Crippen molar-refractivity contribution in [2.45, 2.75) is 0 Å². The van der Waals surface area contributed by atoms with Crippen LogP contribution < -0.4 is 10.9 Å². The van der Waals surface area contributed by atoms with E-state index in [1.54, 1.807) is 24.3 Å². The number of hydrogen-bond donors (Lipinski definition) is 1. The Morgan fingerprint density at radius 3 is 2.55 bits per heavy atom. The van der Waals surface area contributed by atoms with E-state index in [1.807, 2.05) is 42.5 Å². The number of hydrogen-bond acceptors (Lipinski definition) is 3. The van der Waals surface area contributed by atoms with Gasteiger partial charge in [0.15, 0.2) is 0 Å². The van der Waals surface area contributed by atoms with Gasteiger partial charge in [-0.1, -0.05) is 48.5 Å². The predicted octanol–water partition coefficient (Wildman–Crippen LogP) is 3.44. The summed E-state index contributed by atoms with van der Waals surface area (Å²) in [7, 11) is 0. The molecule has 22 heavy (non-hydrogen) atoms. The van der Waals surface area contributed by atoms with Crippen molar-refractivity contribution in [3.05, 3.63) is 82.7 Å². The molecule has 0 spiro atoms. The summed E-state index contributed by atoms with van der Waals surface area (Å²) in [5.41, 5.74) is 0.954. The van der Waals surface area contributed by atoms with Gasteiger partial charge < -0.3 is 9.73 Å². The normalized spacial score (nSPS) is 10.9. The fraction of sp³-hybridized carbons (Fsp3) is 0. The monoisotopic (exact) mass is 291 g/mol. The molecule has 1 heterocycles. The van der Waals surface area contributed by atoms with Crippen LogP contribution in [0.2, 0.25) is 0 Å². The Bertz CT molecular complexity index is 895. The van der Waals surface area contributed by atoms with Gasteiger partial charge in [-0.2, -0.15) is 0 Å². The molecule has 0 aliphatic heterocycles. The fourth-order valence-electron chi connectivity index (χ4n) is 2.06. The second-order valence-electron chi connectivity index (χ2n) is 4.72. The minimum absolute atomic E-state index is 0.126. The average Bonchev–Trinajstić information content (AvgIpc) is 2.55. The highest BCUT2D eigenvalue weighted by atomic mass is 16.4. The minimum atomic E-state index is -0.569. The number of para-hydroxylation sites is 1. The smallest absolute Gasteiger partial charge is 0.360 e. The topological polar surface area (TPSA) is 59.3 Å². The predicted molar refractivity (Wildman–Crippen MR) is 86.6 cm³/mol. The van der Waals surface area contributed by atoms with E-state index in [1.165, 1.54) is 6.08 Å². The minimum Gasteiger partial charge on any atom is -0.421 e. The Balaban J connectivity index is 1.81. The van der Waals surface area contributed by atoms with Crippen molar-refractivity contribution in [1.29, 1.82) is 0 Å². The van der Waals surface area contributed by atoms with E-state index in [0.29, 0.717) is 5.58 Å². The molecule has 0 unspecified atom stereocenters. The molecule has 4 nitrogen and oxygen atoms in total. The summed E-state index contributed by atoms with van der Waals surface area (Å²) in [6, 6.07) is 18.2. The molecule has 108 valence electrons.